The molecule has 42 heavy (non-hydrogen) atoms. The van der Waals surface area contributed by atoms with Gasteiger partial charge in [0.25, 0.3) is 0 Å². The van der Waals surface area contributed by atoms with Gasteiger partial charge in [-0.05, 0) is 48.7 Å². The van der Waals surface area contributed by atoms with Crippen LogP contribution in [-0.4, -0.2) is 72.2 Å². The van der Waals surface area contributed by atoms with Gasteiger partial charge in [-0.2, -0.15) is 5.06 Å². The Hall–Kier alpha value is -3.96. The second kappa shape index (κ2) is 15.3. The Kier molecular flexibility index (Phi) is 11.3. The van der Waals surface area contributed by atoms with Crippen molar-refractivity contribution in [1.29, 1.82) is 0 Å². The Morgan fingerprint density at radius 3 is 2.36 bits per heavy atom. The van der Waals surface area contributed by atoms with Gasteiger partial charge < -0.3 is 31.1 Å². The largest absolute Gasteiger partial charge is 0.394 e. The first kappa shape index (κ1) is 31.0. The molecule has 224 valence electrons. The predicted octanol–water partition coefficient (Wildman–Crippen LogP) is 3.12. The molecule has 3 aromatic carbocycles. The molecule has 0 saturated carbocycles. The number of hydrogen-bond donors (Lipinski definition) is 5. The zero-order valence-corrected chi connectivity index (χ0v) is 24.1. The smallest absolute Gasteiger partial charge is 0.319 e. The van der Waals surface area contributed by atoms with E-state index in [1.807, 2.05) is 92.0 Å². The van der Waals surface area contributed by atoms with E-state index in [9.17, 15) is 19.8 Å². The van der Waals surface area contributed by atoms with Crippen LogP contribution in [0.2, 0.25) is 0 Å². The monoisotopic (exact) mass is 575 g/mol. The Balaban J connectivity index is 1.35. The third kappa shape index (κ3) is 8.53. The summed E-state index contributed by atoms with van der Waals surface area (Å²) in [6.07, 6.45) is -0.845. The summed E-state index contributed by atoms with van der Waals surface area (Å²) >= 11 is 0. The molecule has 1 saturated heterocycles. The van der Waals surface area contributed by atoms with Crippen LogP contribution >= 0.6 is 0 Å². The number of amides is 3. The maximum Gasteiger partial charge on any atom is 0.319 e. The van der Waals surface area contributed by atoms with Crippen LogP contribution in [0.4, 0.5) is 16.2 Å². The van der Waals surface area contributed by atoms with Crippen LogP contribution in [0.3, 0.4) is 0 Å². The van der Waals surface area contributed by atoms with Gasteiger partial charge in [-0.3, -0.25) is 9.63 Å². The lowest BCUT2D eigenvalue weighted by Gasteiger charge is -2.27. The first-order valence-electron chi connectivity index (χ1n) is 14.3. The number of rotatable bonds is 13. The molecular weight excluding hydrogens is 534 g/mol. The maximum atomic E-state index is 13.4. The van der Waals surface area contributed by atoms with E-state index in [-0.39, 0.29) is 25.1 Å². The molecule has 0 aliphatic carbocycles. The van der Waals surface area contributed by atoms with Gasteiger partial charge in [-0.25, -0.2) is 4.79 Å². The average Bonchev–Trinajstić information content (AvgIpc) is 3.38. The second-order valence-electron chi connectivity index (χ2n) is 10.6. The van der Waals surface area contributed by atoms with Gasteiger partial charge >= 0.3 is 6.03 Å². The van der Waals surface area contributed by atoms with E-state index in [0.29, 0.717) is 18.8 Å². The first-order valence-corrected chi connectivity index (χ1v) is 14.3. The highest BCUT2D eigenvalue weighted by molar-refractivity contribution is 5.89. The van der Waals surface area contributed by atoms with E-state index in [1.165, 1.54) is 0 Å². The van der Waals surface area contributed by atoms with Crippen molar-refractivity contribution in [2.24, 2.45) is 5.92 Å². The van der Waals surface area contributed by atoms with Crippen molar-refractivity contribution in [2.45, 2.75) is 44.7 Å². The van der Waals surface area contributed by atoms with Crippen molar-refractivity contribution in [2.75, 3.05) is 37.0 Å². The Labute approximate surface area is 247 Å². The Morgan fingerprint density at radius 2 is 1.67 bits per heavy atom. The molecule has 4 rings (SSSR count). The third-order valence-electron chi connectivity index (χ3n) is 7.36. The number of aliphatic hydroxyl groups is 2. The van der Waals surface area contributed by atoms with Crippen molar-refractivity contribution in [3.63, 3.8) is 0 Å². The lowest BCUT2D eigenvalue weighted by Crippen LogP contribution is -2.49. The number of hydroxylamine groups is 2. The van der Waals surface area contributed by atoms with Gasteiger partial charge in [-0.1, -0.05) is 60.7 Å². The van der Waals surface area contributed by atoms with E-state index in [1.54, 1.807) is 12.0 Å². The van der Waals surface area contributed by atoms with Crippen LogP contribution in [0.25, 0.3) is 0 Å². The van der Waals surface area contributed by atoms with Gasteiger partial charge in [0.1, 0.15) is 12.1 Å². The van der Waals surface area contributed by atoms with Gasteiger partial charge in [0.2, 0.25) is 5.91 Å². The molecular formula is C32H41N5O5. The van der Waals surface area contributed by atoms with Gasteiger partial charge in [0.15, 0.2) is 0 Å². The molecule has 1 fully saturated rings. The molecule has 4 atom stereocenters. The molecule has 0 spiro atoms. The van der Waals surface area contributed by atoms with E-state index in [0.717, 1.165) is 29.8 Å². The lowest BCUT2D eigenvalue weighted by atomic mass is 9.89. The van der Waals surface area contributed by atoms with Crippen LogP contribution < -0.4 is 20.9 Å². The fourth-order valence-corrected chi connectivity index (χ4v) is 5.22. The minimum absolute atomic E-state index is 0.255. The second-order valence-corrected chi connectivity index (χ2v) is 10.6. The van der Waals surface area contributed by atoms with Crippen molar-refractivity contribution < 1.29 is 24.6 Å². The SMILES string of the molecule is C[C@@H](O)[C@H]1[C@@H](CO)ON(Cc2cccc(CNC(=O)Nc3ccccc3)c2)[C@H]1C(=O)NCCCN(C)c1ccccc1. The van der Waals surface area contributed by atoms with E-state index < -0.39 is 24.2 Å². The minimum atomic E-state index is -0.870. The summed E-state index contributed by atoms with van der Waals surface area (Å²) in [4.78, 5) is 33.9. The molecule has 1 aliphatic rings. The van der Waals surface area contributed by atoms with Crippen molar-refractivity contribution >= 4 is 23.3 Å². The highest BCUT2D eigenvalue weighted by Crippen LogP contribution is 2.32. The van der Waals surface area contributed by atoms with Crippen LogP contribution in [-0.2, 0) is 22.7 Å². The molecule has 3 aromatic rings. The highest BCUT2D eigenvalue weighted by atomic mass is 16.7. The standard InChI is InChI=1S/C32H41N5O5/c1-23(39)29-28(22-38)42-37(30(29)31(40)33-17-10-18-36(2)27-15-7-4-8-16-27)21-25-12-9-11-24(19-25)20-34-32(41)35-26-13-5-3-6-14-26/h3-9,11-16,19,23,28-30,38-39H,10,17-18,20-22H2,1-2H3,(H,33,40)(H2,34,35,41)/t23-,28-,29+,30-/m1/s1. The number of hydrogen-bond acceptors (Lipinski definition) is 7. The summed E-state index contributed by atoms with van der Waals surface area (Å²) in [5, 5.41) is 30.7. The van der Waals surface area contributed by atoms with E-state index in [4.69, 9.17) is 4.84 Å². The summed E-state index contributed by atoms with van der Waals surface area (Å²) < 4.78 is 0. The number of nitrogens with one attached hydrogen (secondary N) is 3. The summed E-state index contributed by atoms with van der Waals surface area (Å²) in [5.74, 6) is -0.858. The maximum absolute atomic E-state index is 13.4. The quantitative estimate of drug-likeness (QED) is 0.198. The number of nitrogens with zero attached hydrogens (tertiary/aromatic N) is 2. The molecule has 3 amide bonds. The van der Waals surface area contributed by atoms with E-state index >= 15 is 0 Å². The van der Waals surface area contributed by atoms with Crippen LogP contribution in [0.5, 0.6) is 0 Å². The topological polar surface area (TPSA) is 126 Å². The number of para-hydroxylation sites is 2. The van der Waals surface area contributed by atoms with Gasteiger partial charge in [0.05, 0.1) is 19.3 Å². The number of benzene rings is 3. The van der Waals surface area contributed by atoms with Crippen molar-refractivity contribution in [3.05, 3.63) is 96.1 Å². The number of anilines is 2. The van der Waals surface area contributed by atoms with Crippen molar-refractivity contribution in [1.82, 2.24) is 15.7 Å². The van der Waals surface area contributed by atoms with Gasteiger partial charge in [0, 0.05) is 44.0 Å². The normalized spacial score (nSPS) is 19.2. The fraction of sp³-hybridized carbons (Fsp3) is 0.375. The predicted molar refractivity (Wildman–Crippen MR) is 163 cm³/mol. The van der Waals surface area contributed by atoms with Crippen LogP contribution in [0.15, 0.2) is 84.9 Å². The summed E-state index contributed by atoms with van der Waals surface area (Å²) in [5.41, 5.74) is 3.55. The first-order chi connectivity index (χ1) is 20.4. The molecule has 0 aromatic heterocycles. The zero-order chi connectivity index (χ0) is 29.9. The summed E-state index contributed by atoms with van der Waals surface area (Å²) in [6.45, 7) is 3.09. The number of carbonyl (C=O) groups excluding carboxylic acids is 2. The number of carbonyl (C=O) groups is 2. The van der Waals surface area contributed by atoms with E-state index in [2.05, 4.69) is 20.9 Å². The number of aliphatic hydroxyl groups excluding tert-OH is 2. The molecule has 1 heterocycles. The third-order valence-corrected chi connectivity index (χ3v) is 7.36. The summed E-state index contributed by atoms with van der Waals surface area (Å²) in [6, 6.07) is 25.8. The fourth-order valence-electron chi connectivity index (χ4n) is 5.22. The average molecular weight is 576 g/mol. The molecule has 0 radical (unpaired) electrons. The molecule has 1 aliphatic heterocycles. The molecule has 0 unspecified atom stereocenters. The Morgan fingerprint density at radius 1 is 0.976 bits per heavy atom. The molecule has 10 heteroatoms. The Bertz CT molecular complexity index is 1280. The van der Waals surface area contributed by atoms with Crippen LogP contribution in [0.1, 0.15) is 24.5 Å². The molecule has 5 N–H and O–H groups in total. The highest BCUT2D eigenvalue weighted by Gasteiger charge is 2.49. The minimum Gasteiger partial charge on any atom is -0.394 e. The molecule has 0 bridgehead atoms. The van der Waals surface area contributed by atoms with Crippen molar-refractivity contribution in [3.8, 4) is 0 Å². The lowest BCUT2D eigenvalue weighted by molar-refractivity contribution is -0.181. The van der Waals surface area contributed by atoms with Crippen LogP contribution in [0, 0.1) is 5.92 Å². The molecule has 10 nitrogen and oxygen atoms in total. The van der Waals surface area contributed by atoms with Gasteiger partial charge in [-0.15, -0.1) is 0 Å². The zero-order valence-electron chi connectivity index (χ0n) is 24.1. The number of urea groups is 1. The summed E-state index contributed by atoms with van der Waals surface area (Å²) in [7, 11) is 2.01.